The van der Waals surface area contributed by atoms with Gasteiger partial charge in [0.05, 0.1) is 23.9 Å². The number of carbonyl (C=O) groups is 1. The van der Waals surface area contributed by atoms with Crippen molar-refractivity contribution < 1.29 is 9.53 Å². The van der Waals surface area contributed by atoms with Crippen LogP contribution in [0.15, 0.2) is 36.5 Å². The molecule has 0 spiro atoms. The van der Waals surface area contributed by atoms with Gasteiger partial charge in [0.25, 0.3) is 0 Å². The van der Waals surface area contributed by atoms with Crippen LogP contribution in [-0.4, -0.2) is 37.3 Å². The summed E-state index contributed by atoms with van der Waals surface area (Å²) in [6, 6.07) is 8.37. The number of rotatable bonds is 4. The summed E-state index contributed by atoms with van der Waals surface area (Å²) in [6.45, 7) is 3.29. The van der Waals surface area contributed by atoms with Crippen LogP contribution in [0, 0.1) is 0 Å². The van der Waals surface area contributed by atoms with Crippen LogP contribution in [0.3, 0.4) is 0 Å². The lowest BCUT2D eigenvalue weighted by atomic mass is 10.2. The number of nitrogens with one attached hydrogen (secondary N) is 2. The standard InChI is InChI=1S/C17H18Cl2N4O2/c18-13-3-4-15(14(19)10-13)22-17(24)21-11-12-2-1-5-20-16(12)23-6-8-25-9-7-23/h1-5,10H,6-9,11H2,(H2,21,22,24). The van der Waals surface area contributed by atoms with Crippen LogP contribution in [0.1, 0.15) is 5.56 Å². The molecule has 0 saturated carbocycles. The van der Waals surface area contributed by atoms with Crippen LogP contribution in [-0.2, 0) is 11.3 Å². The molecule has 0 radical (unpaired) electrons. The van der Waals surface area contributed by atoms with Gasteiger partial charge in [-0.2, -0.15) is 0 Å². The monoisotopic (exact) mass is 380 g/mol. The van der Waals surface area contributed by atoms with Crippen molar-refractivity contribution in [2.75, 3.05) is 36.5 Å². The largest absolute Gasteiger partial charge is 0.378 e. The first-order valence-electron chi connectivity index (χ1n) is 7.90. The highest BCUT2D eigenvalue weighted by Gasteiger charge is 2.16. The van der Waals surface area contributed by atoms with Gasteiger partial charge in [0.2, 0.25) is 0 Å². The number of pyridine rings is 1. The Morgan fingerprint density at radius 3 is 2.80 bits per heavy atom. The number of benzene rings is 1. The summed E-state index contributed by atoms with van der Waals surface area (Å²) in [4.78, 5) is 18.8. The van der Waals surface area contributed by atoms with Crippen molar-refractivity contribution in [3.63, 3.8) is 0 Å². The molecule has 1 fully saturated rings. The number of carbonyl (C=O) groups excluding carboxylic acids is 1. The van der Waals surface area contributed by atoms with E-state index in [1.165, 1.54) is 0 Å². The molecule has 25 heavy (non-hydrogen) atoms. The Kier molecular flexibility index (Phi) is 5.96. The highest BCUT2D eigenvalue weighted by molar-refractivity contribution is 6.36. The molecule has 1 saturated heterocycles. The predicted octanol–water partition coefficient (Wildman–Crippen LogP) is 3.55. The fraction of sp³-hybridized carbons (Fsp3) is 0.294. The van der Waals surface area contributed by atoms with Crippen LogP contribution in [0.5, 0.6) is 0 Å². The van der Waals surface area contributed by atoms with E-state index < -0.39 is 0 Å². The zero-order chi connectivity index (χ0) is 17.6. The van der Waals surface area contributed by atoms with E-state index in [-0.39, 0.29) is 6.03 Å². The van der Waals surface area contributed by atoms with E-state index in [4.69, 9.17) is 27.9 Å². The number of hydrogen-bond acceptors (Lipinski definition) is 4. The molecular weight excluding hydrogens is 363 g/mol. The Bertz CT molecular complexity index is 751. The van der Waals surface area contributed by atoms with Gasteiger partial charge in [-0.3, -0.25) is 0 Å². The molecule has 3 rings (SSSR count). The van der Waals surface area contributed by atoms with Gasteiger partial charge in [-0.25, -0.2) is 9.78 Å². The normalized spacial score (nSPS) is 14.2. The third-order valence-corrected chi connectivity index (χ3v) is 4.34. The SMILES string of the molecule is O=C(NCc1cccnc1N1CCOCC1)Nc1ccc(Cl)cc1Cl. The quantitative estimate of drug-likeness (QED) is 0.850. The summed E-state index contributed by atoms with van der Waals surface area (Å²) < 4.78 is 5.37. The second-order valence-electron chi connectivity index (χ2n) is 5.52. The van der Waals surface area contributed by atoms with Gasteiger partial charge < -0.3 is 20.3 Å². The highest BCUT2D eigenvalue weighted by atomic mass is 35.5. The third kappa shape index (κ3) is 4.75. The van der Waals surface area contributed by atoms with Crippen LogP contribution in [0.2, 0.25) is 10.0 Å². The van der Waals surface area contributed by atoms with Gasteiger partial charge in [0.1, 0.15) is 5.82 Å². The van der Waals surface area contributed by atoms with E-state index in [2.05, 4.69) is 20.5 Å². The summed E-state index contributed by atoms with van der Waals surface area (Å²) in [5.41, 5.74) is 1.45. The fourth-order valence-corrected chi connectivity index (χ4v) is 3.02. The third-order valence-electron chi connectivity index (χ3n) is 3.80. The van der Waals surface area contributed by atoms with Crippen molar-refractivity contribution in [2.45, 2.75) is 6.54 Å². The molecule has 2 amide bonds. The molecule has 2 N–H and O–H groups in total. The van der Waals surface area contributed by atoms with Gasteiger partial charge in [-0.1, -0.05) is 29.3 Å². The molecule has 1 aromatic carbocycles. The topological polar surface area (TPSA) is 66.5 Å². The molecule has 6 nitrogen and oxygen atoms in total. The molecule has 2 heterocycles. The Morgan fingerprint density at radius 2 is 2.04 bits per heavy atom. The number of halogens is 2. The van der Waals surface area contributed by atoms with Crippen LogP contribution in [0.4, 0.5) is 16.3 Å². The second-order valence-corrected chi connectivity index (χ2v) is 6.36. The molecule has 0 bridgehead atoms. The van der Waals surface area contributed by atoms with Gasteiger partial charge >= 0.3 is 6.03 Å². The molecule has 1 aliphatic heterocycles. The number of anilines is 2. The molecule has 132 valence electrons. The summed E-state index contributed by atoms with van der Waals surface area (Å²) in [6.07, 6.45) is 1.75. The zero-order valence-electron chi connectivity index (χ0n) is 13.5. The Hall–Kier alpha value is -2.02. The lowest BCUT2D eigenvalue weighted by Crippen LogP contribution is -2.38. The Labute approximate surface area is 156 Å². The average molecular weight is 381 g/mol. The van der Waals surface area contributed by atoms with Crippen molar-refractivity contribution in [3.05, 3.63) is 52.1 Å². The molecule has 0 aliphatic carbocycles. The maximum Gasteiger partial charge on any atom is 0.319 e. The van der Waals surface area contributed by atoms with E-state index in [1.807, 2.05) is 12.1 Å². The summed E-state index contributed by atoms with van der Waals surface area (Å²) in [5.74, 6) is 0.871. The Balaban J connectivity index is 1.62. The van der Waals surface area contributed by atoms with E-state index in [1.54, 1.807) is 24.4 Å². The number of aromatic nitrogens is 1. The highest BCUT2D eigenvalue weighted by Crippen LogP contribution is 2.25. The second kappa shape index (κ2) is 8.38. The van der Waals surface area contributed by atoms with Crippen LogP contribution in [0.25, 0.3) is 0 Å². The van der Waals surface area contributed by atoms with E-state index >= 15 is 0 Å². The van der Waals surface area contributed by atoms with Gasteiger partial charge in [-0.05, 0) is 24.3 Å². The predicted molar refractivity (Wildman–Crippen MR) is 99.6 cm³/mol. The number of morpholine rings is 1. The van der Waals surface area contributed by atoms with Crippen molar-refractivity contribution in [2.24, 2.45) is 0 Å². The van der Waals surface area contributed by atoms with E-state index in [0.717, 1.165) is 24.5 Å². The zero-order valence-corrected chi connectivity index (χ0v) is 15.0. The minimum absolute atomic E-state index is 0.346. The van der Waals surface area contributed by atoms with Crippen LogP contribution >= 0.6 is 23.2 Å². The first-order valence-corrected chi connectivity index (χ1v) is 8.65. The maximum absolute atomic E-state index is 12.1. The number of hydrogen-bond donors (Lipinski definition) is 2. The van der Waals surface area contributed by atoms with Crippen molar-refractivity contribution in [1.82, 2.24) is 10.3 Å². The first-order chi connectivity index (χ1) is 12.1. The minimum Gasteiger partial charge on any atom is -0.378 e. The minimum atomic E-state index is -0.346. The smallest absolute Gasteiger partial charge is 0.319 e. The summed E-state index contributed by atoms with van der Waals surface area (Å²) >= 11 is 11.9. The summed E-state index contributed by atoms with van der Waals surface area (Å²) in [5, 5.41) is 6.44. The molecule has 0 atom stereocenters. The fourth-order valence-electron chi connectivity index (χ4n) is 2.56. The lowest BCUT2D eigenvalue weighted by molar-refractivity contribution is 0.122. The van der Waals surface area contributed by atoms with Gasteiger partial charge in [0, 0.05) is 36.4 Å². The lowest BCUT2D eigenvalue weighted by Gasteiger charge is -2.29. The van der Waals surface area contributed by atoms with Gasteiger partial charge in [-0.15, -0.1) is 0 Å². The number of urea groups is 1. The Morgan fingerprint density at radius 1 is 1.24 bits per heavy atom. The van der Waals surface area contributed by atoms with Crippen molar-refractivity contribution >= 4 is 40.7 Å². The molecular formula is C17H18Cl2N4O2. The first kappa shape index (κ1) is 17.8. The maximum atomic E-state index is 12.1. The van der Waals surface area contributed by atoms with Gasteiger partial charge in [0.15, 0.2) is 0 Å². The molecule has 8 heteroatoms. The average Bonchev–Trinajstić information content (AvgIpc) is 2.63. The van der Waals surface area contributed by atoms with E-state index in [9.17, 15) is 4.79 Å². The van der Waals surface area contributed by atoms with Crippen molar-refractivity contribution in [1.29, 1.82) is 0 Å². The number of amides is 2. The summed E-state index contributed by atoms with van der Waals surface area (Å²) in [7, 11) is 0. The molecule has 1 aromatic heterocycles. The van der Waals surface area contributed by atoms with Crippen molar-refractivity contribution in [3.8, 4) is 0 Å². The number of ether oxygens (including phenoxy) is 1. The number of nitrogens with zero attached hydrogens (tertiary/aromatic N) is 2. The van der Waals surface area contributed by atoms with Crippen LogP contribution < -0.4 is 15.5 Å². The van der Waals surface area contributed by atoms with E-state index in [0.29, 0.717) is 35.5 Å². The molecule has 2 aromatic rings. The molecule has 0 unspecified atom stereocenters. The molecule has 1 aliphatic rings.